The second-order valence-corrected chi connectivity index (χ2v) is 5.37. The van der Waals surface area contributed by atoms with E-state index in [4.69, 9.17) is 0 Å². The van der Waals surface area contributed by atoms with Crippen molar-refractivity contribution in [2.45, 2.75) is 26.1 Å². The molecule has 1 aromatic carbocycles. The Kier molecular flexibility index (Phi) is 5.65. The first-order valence-corrected chi connectivity index (χ1v) is 7.40. The van der Waals surface area contributed by atoms with Gasteiger partial charge in [-0.1, -0.05) is 12.1 Å². The third kappa shape index (κ3) is 4.96. The van der Waals surface area contributed by atoms with Crippen LogP contribution in [0.1, 0.15) is 23.5 Å². The molecule has 8 heteroatoms. The van der Waals surface area contributed by atoms with Gasteiger partial charge in [0, 0.05) is 18.1 Å². The number of carbonyl (C=O) groups is 1. The van der Waals surface area contributed by atoms with Crippen LogP contribution in [0.4, 0.5) is 13.6 Å². The summed E-state index contributed by atoms with van der Waals surface area (Å²) in [5, 5.41) is 8.12. The first kappa shape index (κ1) is 16.2. The van der Waals surface area contributed by atoms with Gasteiger partial charge in [0.25, 0.3) is 0 Å². The molecule has 0 spiro atoms. The number of alkyl halides is 2. The number of nitrogens with one attached hydrogen (secondary N) is 2. The molecule has 1 aromatic heterocycles. The molecule has 118 valence electrons. The zero-order valence-electron chi connectivity index (χ0n) is 11.8. The van der Waals surface area contributed by atoms with Crippen molar-refractivity contribution in [1.29, 1.82) is 0 Å². The third-order valence-electron chi connectivity index (χ3n) is 2.77. The van der Waals surface area contributed by atoms with Gasteiger partial charge in [0.2, 0.25) is 0 Å². The Morgan fingerprint density at radius 1 is 1.36 bits per heavy atom. The number of amides is 2. The van der Waals surface area contributed by atoms with Gasteiger partial charge in [-0.3, -0.25) is 0 Å². The summed E-state index contributed by atoms with van der Waals surface area (Å²) < 4.78 is 28.3. The summed E-state index contributed by atoms with van der Waals surface area (Å²) in [6.07, 6.45) is 1.68. The molecule has 1 heterocycles. The summed E-state index contributed by atoms with van der Waals surface area (Å²) in [4.78, 5) is 15.9. The molecule has 1 atom stereocenters. The molecule has 2 amide bonds. The van der Waals surface area contributed by atoms with Crippen LogP contribution in [0.2, 0.25) is 0 Å². The zero-order chi connectivity index (χ0) is 15.9. The minimum atomic E-state index is -2.85. The largest absolute Gasteiger partial charge is 0.435 e. The molecule has 2 N–H and O–H groups in total. The van der Waals surface area contributed by atoms with Crippen molar-refractivity contribution in [3.05, 3.63) is 46.4 Å². The maximum absolute atomic E-state index is 12.0. The Bertz CT molecular complexity index is 591. The molecular weight excluding hydrogens is 312 g/mol. The molecule has 0 aliphatic carbocycles. The van der Waals surface area contributed by atoms with Crippen molar-refractivity contribution in [3.8, 4) is 5.75 Å². The molecule has 2 aromatic rings. The second-order valence-electron chi connectivity index (χ2n) is 4.44. The molecule has 5 nitrogen and oxygen atoms in total. The average Bonchev–Trinajstić information content (AvgIpc) is 3.00. The molecule has 0 bridgehead atoms. The number of nitrogens with zero attached hydrogens (tertiary/aromatic N) is 1. The van der Waals surface area contributed by atoms with E-state index in [1.807, 2.05) is 12.3 Å². The first-order chi connectivity index (χ1) is 10.5. The van der Waals surface area contributed by atoms with Gasteiger partial charge in [-0.2, -0.15) is 8.78 Å². The third-order valence-corrected chi connectivity index (χ3v) is 3.73. The quantitative estimate of drug-likeness (QED) is 0.855. The molecule has 22 heavy (non-hydrogen) atoms. The number of thiazole rings is 1. The zero-order valence-corrected chi connectivity index (χ0v) is 12.6. The van der Waals surface area contributed by atoms with Crippen molar-refractivity contribution in [1.82, 2.24) is 15.6 Å². The smallest absolute Gasteiger partial charge is 0.387 e. The summed E-state index contributed by atoms with van der Waals surface area (Å²) in [5.74, 6) is 0.0839. The monoisotopic (exact) mass is 327 g/mol. The van der Waals surface area contributed by atoms with Crippen LogP contribution in [0.5, 0.6) is 5.75 Å². The van der Waals surface area contributed by atoms with Crippen LogP contribution in [0.25, 0.3) is 0 Å². The van der Waals surface area contributed by atoms with Gasteiger partial charge in [-0.15, -0.1) is 11.3 Å². The topological polar surface area (TPSA) is 63.2 Å². The highest BCUT2D eigenvalue weighted by atomic mass is 32.1. The summed E-state index contributed by atoms with van der Waals surface area (Å²) in [6.45, 7) is -0.720. The summed E-state index contributed by atoms with van der Waals surface area (Å²) >= 11 is 1.47. The van der Waals surface area contributed by atoms with Crippen LogP contribution in [-0.2, 0) is 6.54 Å². The van der Waals surface area contributed by atoms with Crippen LogP contribution in [0, 0.1) is 0 Å². The fourth-order valence-corrected chi connectivity index (χ4v) is 2.37. The second kappa shape index (κ2) is 7.69. The maximum atomic E-state index is 12.0. The number of halogens is 2. The highest BCUT2D eigenvalue weighted by molar-refractivity contribution is 7.09. The van der Waals surface area contributed by atoms with Crippen molar-refractivity contribution < 1.29 is 18.3 Å². The number of rotatable bonds is 6. The lowest BCUT2D eigenvalue weighted by molar-refractivity contribution is -0.0498. The van der Waals surface area contributed by atoms with E-state index in [9.17, 15) is 13.6 Å². The Balaban J connectivity index is 1.78. The number of ether oxygens (including phenoxy) is 1. The number of hydrogen-bond acceptors (Lipinski definition) is 4. The number of hydrogen-bond donors (Lipinski definition) is 2. The van der Waals surface area contributed by atoms with Crippen LogP contribution in [0.15, 0.2) is 35.8 Å². The van der Waals surface area contributed by atoms with Gasteiger partial charge in [0.15, 0.2) is 0 Å². The molecule has 0 aliphatic heterocycles. The Hall–Kier alpha value is -2.22. The highest BCUT2D eigenvalue weighted by Gasteiger charge is 2.11. The summed E-state index contributed by atoms with van der Waals surface area (Å²) in [5.41, 5.74) is 0.777. The minimum absolute atomic E-state index is 0.0839. The number of urea groups is 1. The van der Waals surface area contributed by atoms with E-state index in [0.717, 1.165) is 10.6 Å². The van der Waals surface area contributed by atoms with Gasteiger partial charge in [-0.25, -0.2) is 9.78 Å². The van der Waals surface area contributed by atoms with Crippen LogP contribution in [-0.4, -0.2) is 17.6 Å². The minimum Gasteiger partial charge on any atom is -0.435 e. The number of benzene rings is 1. The fraction of sp³-hybridized carbons (Fsp3) is 0.286. The first-order valence-electron chi connectivity index (χ1n) is 6.52. The molecule has 0 radical (unpaired) electrons. The van der Waals surface area contributed by atoms with Crippen molar-refractivity contribution >= 4 is 17.4 Å². The Morgan fingerprint density at radius 3 is 2.68 bits per heavy atom. The Labute approximate surface area is 130 Å². The standard InChI is InChI=1S/C14H15F2N3O2S/c1-9(12-17-6-7-22-12)19-14(20)18-8-10-2-4-11(5-3-10)21-13(15)16/h2-7,9,13H,8H2,1H3,(H2,18,19,20). The van der Waals surface area contributed by atoms with Crippen molar-refractivity contribution in [2.24, 2.45) is 0 Å². The lowest BCUT2D eigenvalue weighted by atomic mass is 10.2. The van der Waals surface area contributed by atoms with E-state index >= 15 is 0 Å². The number of aromatic nitrogens is 1. The van der Waals surface area contributed by atoms with Crippen LogP contribution < -0.4 is 15.4 Å². The van der Waals surface area contributed by atoms with Crippen LogP contribution in [0.3, 0.4) is 0 Å². The van der Waals surface area contributed by atoms with E-state index in [1.165, 1.54) is 23.5 Å². The fourth-order valence-electron chi connectivity index (χ4n) is 1.73. The molecule has 0 aliphatic rings. The predicted octanol–water partition coefficient (Wildman–Crippen LogP) is 3.30. The Morgan fingerprint density at radius 2 is 2.09 bits per heavy atom. The van der Waals surface area contributed by atoms with Crippen LogP contribution >= 0.6 is 11.3 Å². The molecule has 2 rings (SSSR count). The maximum Gasteiger partial charge on any atom is 0.387 e. The summed E-state index contributed by atoms with van der Waals surface area (Å²) in [6, 6.07) is 5.58. The predicted molar refractivity (Wildman–Crippen MR) is 79.0 cm³/mol. The van der Waals surface area contributed by atoms with Crippen molar-refractivity contribution in [2.75, 3.05) is 0 Å². The van der Waals surface area contributed by atoms with Crippen molar-refractivity contribution in [3.63, 3.8) is 0 Å². The van der Waals surface area contributed by atoms with Gasteiger partial charge in [-0.05, 0) is 24.6 Å². The lowest BCUT2D eigenvalue weighted by Gasteiger charge is -2.12. The number of carbonyl (C=O) groups excluding carboxylic acids is 1. The van der Waals surface area contributed by atoms with Gasteiger partial charge in [0.05, 0.1) is 6.04 Å². The molecule has 0 saturated heterocycles. The normalized spacial score (nSPS) is 12.0. The van der Waals surface area contributed by atoms with E-state index in [2.05, 4.69) is 20.4 Å². The lowest BCUT2D eigenvalue weighted by Crippen LogP contribution is -2.36. The molecule has 1 unspecified atom stereocenters. The van der Waals surface area contributed by atoms with E-state index in [0.29, 0.717) is 0 Å². The molecule has 0 fully saturated rings. The van der Waals surface area contributed by atoms with Gasteiger partial charge < -0.3 is 15.4 Å². The van der Waals surface area contributed by atoms with Gasteiger partial charge >= 0.3 is 12.6 Å². The van der Waals surface area contributed by atoms with Gasteiger partial charge in [0.1, 0.15) is 10.8 Å². The van der Waals surface area contributed by atoms with E-state index in [-0.39, 0.29) is 24.4 Å². The molecule has 0 saturated carbocycles. The summed E-state index contributed by atoms with van der Waals surface area (Å²) in [7, 11) is 0. The average molecular weight is 327 g/mol. The van der Waals surface area contributed by atoms with E-state index in [1.54, 1.807) is 18.3 Å². The molecular formula is C14H15F2N3O2S. The SMILES string of the molecule is CC(NC(=O)NCc1ccc(OC(F)F)cc1)c1nccs1. The highest BCUT2D eigenvalue weighted by Crippen LogP contribution is 2.15. The van der Waals surface area contributed by atoms with E-state index < -0.39 is 6.61 Å².